The molecule has 3 N–H and O–H groups in total. The van der Waals surface area contributed by atoms with Crippen molar-refractivity contribution in [3.63, 3.8) is 0 Å². The minimum atomic E-state index is -0.313. The molecule has 5 rings (SSSR count). The van der Waals surface area contributed by atoms with Gasteiger partial charge < -0.3 is 29.5 Å². The molecule has 0 radical (unpaired) electrons. The summed E-state index contributed by atoms with van der Waals surface area (Å²) < 4.78 is 18.1. The van der Waals surface area contributed by atoms with Crippen LogP contribution in [0, 0.1) is 5.92 Å². The minimum absolute atomic E-state index is 0. The van der Waals surface area contributed by atoms with Crippen molar-refractivity contribution < 1.29 is 14.2 Å². The number of hydrogen-bond donors (Lipinski definition) is 3. The smallest absolute Gasteiger partial charge is 0.261 e. The number of nitrogens with zero attached hydrogens (tertiary/aromatic N) is 5. The number of nitrogens with one attached hydrogen (secondary N) is 3. The number of pyridine rings is 1. The van der Waals surface area contributed by atoms with Crippen LogP contribution in [-0.4, -0.2) is 62.1 Å². The minimum Gasteiger partial charge on any atom is -0.493 e. The quantitative estimate of drug-likeness (QED) is 0.226. The Kier molecular flexibility index (Phi) is 8.15. The molecule has 4 aromatic heterocycles. The number of hydrogen-bond acceptors (Lipinski definition) is 9. The third-order valence-electron chi connectivity index (χ3n) is 6.17. The predicted molar refractivity (Wildman–Crippen MR) is 150 cm³/mol. The van der Waals surface area contributed by atoms with Gasteiger partial charge >= 0.3 is 0 Å². The Labute approximate surface area is 225 Å². The van der Waals surface area contributed by atoms with Crippen LogP contribution < -0.4 is 20.3 Å². The van der Waals surface area contributed by atoms with E-state index in [-0.39, 0.29) is 24.9 Å². The molecule has 0 saturated carbocycles. The molecule has 12 heteroatoms. The maximum Gasteiger partial charge on any atom is 0.261 e. The number of ether oxygens (including phenoxy) is 3. The molecule has 1 atom stereocenters. The fourth-order valence-electron chi connectivity index (χ4n) is 4.35. The fourth-order valence-corrected chi connectivity index (χ4v) is 4.35. The molecule has 0 aliphatic heterocycles. The van der Waals surface area contributed by atoms with Crippen LogP contribution in [0.2, 0.25) is 0 Å². The van der Waals surface area contributed by atoms with Gasteiger partial charge in [0.25, 0.3) is 5.56 Å². The van der Waals surface area contributed by atoms with E-state index >= 15 is 0 Å². The number of rotatable bonds is 10. The van der Waals surface area contributed by atoms with Gasteiger partial charge in [0.2, 0.25) is 0 Å². The average Bonchev–Trinajstić information content (AvgIpc) is 3.48. The highest BCUT2D eigenvalue weighted by molar-refractivity contribution is 5.96. The standard InChI is InChI=1S/C26H30N8O4.CH4/c1-14(2)21(25-27-7-6-8-28-25)32-23-20(26(35)31-17-13-34(3)33-22(17)23)24-29-15-11-18(37-5)19(12-16(15)30-24)38-10-9-36-4;/h6-8,11-14,21,32H,9-10H2,1-5H3,(H,29,30)(H,31,35);1H4/t21-;/m1./s1. The Balaban J connectivity index is 0.00000353. The molecule has 1 aromatic carbocycles. The first kappa shape index (κ1) is 27.6. The SMILES string of the molecule is C.COCCOc1cc2[nH]c(-c3c(N[C@@H](c4ncccn4)C(C)C)c4nn(C)cc4[nH]c3=O)nc2cc1OC. The van der Waals surface area contributed by atoms with Crippen molar-refractivity contribution in [1.82, 2.24) is 34.7 Å². The first-order valence-corrected chi connectivity index (χ1v) is 12.2. The molecule has 0 saturated heterocycles. The van der Waals surface area contributed by atoms with E-state index in [0.717, 1.165) is 0 Å². The summed E-state index contributed by atoms with van der Waals surface area (Å²) >= 11 is 0. The molecular formula is C27H34N8O4. The van der Waals surface area contributed by atoms with Crippen LogP contribution in [0.25, 0.3) is 33.5 Å². The lowest BCUT2D eigenvalue weighted by Crippen LogP contribution is -2.22. The zero-order valence-electron chi connectivity index (χ0n) is 21.9. The topological polar surface area (TPSA) is 145 Å². The second-order valence-electron chi connectivity index (χ2n) is 9.19. The van der Waals surface area contributed by atoms with Crippen LogP contribution >= 0.6 is 0 Å². The Morgan fingerprint density at radius 1 is 1.05 bits per heavy atom. The Bertz CT molecular complexity index is 1620. The zero-order chi connectivity index (χ0) is 26.8. The van der Waals surface area contributed by atoms with E-state index in [1.807, 2.05) is 0 Å². The van der Waals surface area contributed by atoms with Crippen LogP contribution in [-0.2, 0) is 11.8 Å². The summed E-state index contributed by atoms with van der Waals surface area (Å²) in [6.45, 7) is 4.93. The molecule has 0 amide bonds. The molecule has 39 heavy (non-hydrogen) atoms. The van der Waals surface area contributed by atoms with E-state index in [9.17, 15) is 4.79 Å². The van der Waals surface area contributed by atoms with Gasteiger partial charge in [0.05, 0.1) is 42.0 Å². The zero-order valence-corrected chi connectivity index (χ0v) is 21.9. The van der Waals surface area contributed by atoms with Crippen LogP contribution in [0.4, 0.5) is 5.69 Å². The second-order valence-corrected chi connectivity index (χ2v) is 9.19. The fraction of sp³-hybridized carbons (Fsp3) is 0.370. The lowest BCUT2D eigenvalue weighted by Gasteiger charge is -2.23. The summed E-state index contributed by atoms with van der Waals surface area (Å²) in [7, 11) is 4.98. The summed E-state index contributed by atoms with van der Waals surface area (Å²) in [5, 5.41) is 8.16. The summed E-state index contributed by atoms with van der Waals surface area (Å²) in [4.78, 5) is 33.4. The Morgan fingerprint density at radius 3 is 2.51 bits per heavy atom. The van der Waals surface area contributed by atoms with E-state index in [4.69, 9.17) is 19.2 Å². The maximum atomic E-state index is 13.5. The summed E-state index contributed by atoms with van der Waals surface area (Å²) in [6, 6.07) is 5.06. The van der Waals surface area contributed by atoms with Crippen molar-refractivity contribution in [3.8, 4) is 22.9 Å². The van der Waals surface area contributed by atoms with Crippen molar-refractivity contribution in [2.75, 3.05) is 32.8 Å². The number of anilines is 1. The van der Waals surface area contributed by atoms with Gasteiger partial charge in [-0.05, 0) is 12.0 Å². The van der Waals surface area contributed by atoms with Gasteiger partial charge in [-0.25, -0.2) is 15.0 Å². The van der Waals surface area contributed by atoms with Crippen LogP contribution in [0.3, 0.4) is 0 Å². The molecular weight excluding hydrogens is 500 g/mol. The van der Waals surface area contributed by atoms with Crippen molar-refractivity contribution in [2.45, 2.75) is 27.3 Å². The molecule has 206 valence electrons. The summed E-state index contributed by atoms with van der Waals surface area (Å²) in [5.41, 5.74) is 3.07. The lowest BCUT2D eigenvalue weighted by molar-refractivity contribution is 0.144. The largest absolute Gasteiger partial charge is 0.493 e. The van der Waals surface area contributed by atoms with Crippen LogP contribution in [0.15, 0.2) is 41.6 Å². The number of methoxy groups -OCH3 is 2. The number of aromatic amines is 2. The number of fused-ring (bicyclic) bond motifs is 2. The van der Waals surface area contributed by atoms with Gasteiger partial charge in [-0.2, -0.15) is 5.10 Å². The Morgan fingerprint density at radius 2 is 1.82 bits per heavy atom. The van der Waals surface area contributed by atoms with Gasteiger partial charge in [-0.15, -0.1) is 0 Å². The Hall–Kier alpha value is -4.45. The van der Waals surface area contributed by atoms with Crippen molar-refractivity contribution in [1.29, 1.82) is 0 Å². The van der Waals surface area contributed by atoms with Crippen LogP contribution in [0.5, 0.6) is 11.5 Å². The van der Waals surface area contributed by atoms with Crippen molar-refractivity contribution >= 4 is 27.8 Å². The lowest BCUT2D eigenvalue weighted by atomic mass is 10.0. The van der Waals surface area contributed by atoms with Gasteiger partial charge in [0.1, 0.15) is 23.5 Å². The van der Waals surface area contributed by atoms with Gasteiger partial charge in [-0.3, -0.25) is 9.48 Å². The molecule has 5 aromatic rings. The summed E-state index contributed by atoms with van der Waals surface area (Å²) in [5.74, 6) is 2.17. The number of aromatic nitrogens is 7. The summed E-state index contributed by atoms with van der Waals surface area (Å²) in [6.07, 6.45) is 5.17. The number of benzene rings is 1. The van der Waals surface area contributed by atoms with E-state index < -0.39 is 0 Å². The van der Waals surface area contributed by atoms with Gasteiger partial charge in [0, 0.05) is 44.9 Å². The molecule has 0 aliphatic rings. The van der Waals surface area contributed by atoms with Crippen molar-refractivity contribution in [2.24, 2.45) is 13.0 Å². The highest BCUT2D eigenvalue weighted by Gasteiger charge is 2.26. The molecule has 4 heterocycles. The maximum absolute atomic E-state index is 13.5. The van der Waals surface area contributed by atoms with E-state index in [1.54, 1.807) is 62.7 Å². The number of H-pyrrole nitrogens is 2. The average molecular weight is 535 g/mol. The predicted octanol–water partition coefficient (Wildman–Crippen LogP) is 4.07. The van der Waals surface area contributed by atoms with E-state index in [0.29, 0.717) is 69.7 Å². The van der Waals surface area contributed by atoms with Crippen molar-refractivity contribution in [3.05, 3.63) is 53.0 Å². The van der Waals surface area contributed by atoms with E-state index in [2.05, 4.69) is 44.2 Å². The van der Waals surface area contributed by atoms with Crippen LogP contribution in [0.1, 0.15) is 33.1 Å². The third-order valence-corrected chi connectivity index (χ3v) is 6.17. The molecule has 0 fully saturated rings. The monoisotopic (exact) mass is 534 g/mol. The number of aryl methyl sites for hydroxylation is 1. The first-order valence-electron chi connectivity index (χ1n) is 12.2. The molecule has 12 nitrogen and oxygen atoms in total. The number of imidazole rings is 1. The van der Waals surface area contributed by atoms with Gasteiger partial charge in [-0.1, -0.05) is 21.3 Å². The molecule has 0 bridgehead atoms. The highest BCUT2D eigenvalue weighted by atomic mass is 16.5. The highest BCUT2D eigenvalue weighted by Crippen LogP contribution is 2.36. The third kappa shape index (κ3) is 5.41. The van der Waals surface area contributed by atoms with E-state index in [1.165, 1.54) is 0 Å². The van der Waals surface area contributed by atoms with Gasteiger partial charge in [0.15, 0.2) is 17.3 Å². The molecule has 0 aliphatic carbocycles. The molecule has 0 unspecified atom stereocenters. The molecule has 0 spiro atoms. The first-order chi connectivity index (χ1) is 18.4. The second kappa shape index (κ2) is 11.5. The normalized spacial score (nSPS) is 12.1.